The SMILES string of the molecule is Nc1ccc(N2CCN(c3ncnc4[nH]ncc34)CC2)cn1. The molecular weight excluding hydrogens is 280 g/mol. The van der Waals surface area contributed by atoms with Crippen LogP contribution in [-0.2, 0) is 0 Å². The topological polar surface area (TPSA) is 99.8 Å². The van der Waals surface area contributed by atoms with Crippen LogP contribution >= 0.6 is 0 Å². The lowest BCUT2D eigenvalue weighted by atomic mass is 10.2. The lowest BCUT2D eigenvalue weighted by molar-refractivity contribution is 0.648. The predicted molar refractivity (Wildman–Crippen MR) is 84.8 cm³/mol. The fourth-order valence-corrected chi connectivity index (χ4v) is 2.77. The van der Waals surface area contributed by atoms with E-state index in [9.17, 15) is 0 Å². The monoisotopic (exact) mass is 296 g/mol. The van der Waals surface area contributed by atoms with Crippen molar-refractivity contribution in [1.29, 1.82) is 0 Å². The summed E-state index contributed by atoms with van der Waals surface area (Å²) in [6, 6.07) is 3.85. The Morgan fingerprint density at radius 2 is 1.77 bits per heavy atom. The van der Waals surface area contributed by atoms with Crippen molar-refractivity contribution in [1.82, 2.24) is 25.1 Å². The number of anilines is 3. The highest BCUT2D eigenvalue weighted by molar-refractivity contribution is 5.86. The molecule has 0 saturated carbocycles. The second kappa shape index (κ2) is 5.14. The molecule has 1 fully saturated rings. The lowest BCUT2D eigenvalue weighted by Crippen LogP contribution is -2.47. The van der Waals surface area contributed by atoms with E-state index in [1.54, 1.807) is 12.5 Å². The summed E-state index contributed by atoms with van der Waals surface area (Å²) >= 11 is 0. The maximum Gasteiger partial charge on any atom is 0.160 e. The smallest absolute Gasteiger partial charge is 0.160 e. The first-order chi connectivity index (χ1) is 10.8. The van der Waals surface area contributed by atoms with Crippen molar-refractivity contribution in [2.75, 3.05) is 41.7 Å². The molecule has 0 radical (unpaired) electrons. The zero-order valence-corrected chi connectivity index (χ0v) is 12.0. The fraction of sp³-hybridized carbons (Fsp3) is 0.286. The van der Waals surface area contributed by atoms with Crippen molar-refractivity contribution in [3.8, 4) is 0 Å². The van der Waals surface area contributed by atoms with E-state index in [1.165, 1.54) is 0 Å². The summed E-state index contributed by atoms with van der Waals surface area (Å²) < 4.78 is 0. The Bertz CT molecular complexity index is 773. The molecule has 3 aromatic rings. The Kier molecular flexibility index (Phi) is 2.99. The normalized spacial score (nSPS) is 15.5. The maximum atomic E-state index is 5.64. The summed E-state index contributed by atoms with van der Waals surface area (Å²) in [6.45, 7) is 3.60. The summed E-state index contributed by atoms with van der Waals surface area (Å²) in [5, 5.41) is 7.89. The number of hydrogen-bond donors (Lipinski definition) is 2. The lowest BCUT2D eigenvalue weighted by Gasteiger charge is -2.36. The molecule has 1 aliphatic heterocycles. The maximum absolute atomic E-state index is 5.64. The molecule has 0 atom stereocenters. The molecule has 0 spiro atoms. The number of aromatic nitrogens is 5. The largest absolute Gasteiger partial charge is 0.384 e. The van der Waals surface area contributed by atoms with Crippen molar-refractivity contribution >= 4 is 28.4 Å². The number of fused-ring (bicyclic) bond motifs is 1. The van der Waals surface area contributed by atoms with E-state index in [2.05, 4.69) is 34.9 Å². The molecule has 4 rings (SSSR count). The first-order valence-corrected chi connectivity index (χ1v) is 7.17. The number of nitrogens with two attached hydrogens (primary N) is 1. The van der Waals surface area contributed by atoms with Crippen LogP contribution in [0.15, 0.2) is 30.9 Å². The summed E-state index contributed by atoms with van der Waals surface area (Å²) in [7, 11) is 0. The van der Waals surface area contributed by atoms with E-state index >= 15 is 0 Å². The summed E-state index contributed by atoms with van der Waals surface area (Å²) in [6.07, 6.45) is 5.18. The Labute approximate surface area is 127 Å². The van der Waals surface area contributed by atoms with Gasteiger partial charge in [0, 0.05) is 26.2 Å². The molecular formula is C14H16N8. The summed E-state index contributed by atoms with van der Waals surface area (Å²) in [4.78, 5) is 17.3. The van der Waals surface area contributed by atoms with Crippen LogP contribution in [0, 0.1) is 0 Å². The molecule has 0 unspecified atom stereocenters. The minimum Gasteiger partial charge on any atom is -0.384 e. The Morgan fingerprint density at radius 3 is 2.55 bits per heavy atom. The molecule has 3 N–H and O–H groups in total. The van der Waals surface area contributed by atoms with E-state index in [4.69, 9.17) is 5.73 Å². The third kappa shape index (κ3) is 2.18. The molecule has 112 valence electrons. The third-order valence-electron chi connectivity index (χ3n) is 3.94. The van der Waals surface area contributed by atoms with Crippen LogP contribution in [-0.4, -0.2) is 51.3 Å². The van der Waals surface area contributed by atoms with Crippen LogP contribution in [0.2, 0.25) is 0 Å². The van der Waals surface area contributed by atoms with E-state index in [0.717, 1.165) is 48.7 Å². The molecule has 0 amide bonds. The number of nitrogens with one attached hydrogen (secondary N) is 1. The molecule has 1 aliphatic rings. The van der Waals surface area contributed by atoms with Gasteiger partial charge >= 0.3 is 0 Å². The summed E-state index contributed by atoms with van der Waals surface area (Å²) in [5.41, 5.74) is 7.51. The van der Waals surface area contributed by atoms with Gasteiger partial charge in [-0.15, -0.1) is 0 Å². The molecule has 0 bridgehead atoms. The van der Waals surface area contributed by atoms with Crippen LogP contribution in [0.25, 0.3) is 11.0 Å². The highest BCUT2D eigenvalue weighted by atomic mass is 15.3. The second-order valence-electron chi connectivity index (χ2n) is 5.24. The van der Waals surface area contributed by atoms with Gasteiger partial charge in [-0.2, -0.15) is 5.10 Å². The Hall–Kier alpha value is -2.90. The van der Waals surface area contributed by atoms with Gasteiger partial charge in [0.25, 0.3) is 0 Å². The van der Waals surface area contributed by atoms with E-state index in [0.29, 0.717) is 5.82 Å². The quantitative estimate of drug-likeness (QED) is 0.716. The molecule has 0 aromatic carbocycles. The van der Waals surface area contributed by atoms with Crippen molar-refractivity contribution in [2.45, 2.75) is 0 Å². The highest BCUT2D eigenvalue weighted by Crippen LogP contribution is 2.23. The fourth-order valence-electron chi connectivity index (χ4n) is 2.77. The van der Waals surface area contributed by atoms with Crippen LogP contribution in [0.3, 0.4) is 0 Å². The Balaban J connectivity index is 1.52. The number of piperazine rings is 1. The standard InChI is InChI=1S/C14H16N8/c15-12-2-1-10(7-16-12)21-3-5-22(6-4-21)14-11-8-19-20-13(11)17-9-18-14/h1-2,7-9H,3-6H2,(H2,15,16)(H,17,18,19,20). The summed E-state index contributed by atoms with van der Waals surface area (Å²) in [5.74, 6) is 1.49. The predicted octanol–water partition coefficient (Wildman–Crippen LogP) is 0.657. The van der Waals surface area contributed by atoms with Gasteiger partial charge in [-0.25, -0.2) is 15.0 Å². The molecule has 1 saturated heterocycles. The van der Waals surface area contributed by atoms with Crippen molar-refractivity contribution in [3.05, 3.63) is 30.9 Å². The van der Waals surface area contributed by atoms with Gasteiger partial charge in [0.05, 0.1) is 23.5 Å². The number of rotatable bonds is 2. The first-order valence-electron chi connectivity index (χ1n) is 7.17. The van der Waals surface area contributed by atoms with E-state index in [1.807, 2.05) is 18.3 Å². The number of pyridine rings is 1. The van der Waals surface area contributed by atoms with Crippen molar-refractivity contribution < 1.29 is 0 Å². The highest BCUT2D eigenvalue weighted by Gasteiger charge is 2.20. The molecule has 8 nitrogen and oxygen atoms in total. The molecule has 8 heteroatoms. The van der Waals surface area contributed by atoms with Gasteiger partial charge in [0.2, 0.25) is 0 Å². The van der Waals surface area contributed by atoms with Gasteiger partial charge in [0.15, 0.2) is 5.65 Å². The van der Waals surface area contributed by atoms with Crippen LogP contribution < -0.4 is 15.5 Å². The molecule has 22 heavy (non-hydrogen) atoms. The third-order valence-corrected chi connectivity index (χ3v) is 3.94. The Morgan fingerprint density at radius 1 is 0.955 bits per heavy atom. The minimum absolute atomic E-state index is 0.547. The number of aromatic amines is 1. The zero-order valence-electron chi connectivity index (χ0n) is 12.0. The van der Waals surface area contributed by atoms with Gasteiger partial charge in [-0.3, -0.25) is 5.10 Å². The second-order valence-corrected chi connectivity index (χ2v) is 5.24. The van der Waals surface area contributed by atoms with Crippen molar-refractivity contribution in [2.24, 2.45) is 0 Å². The van der Waals surface area contributed by atoms with Crippen LogP contribution in [0.1, 0.15) is 0 Å². The average molecular weight is 296 g/mol. The van der Waals surface area contributed by atoms with Gasteiger partial charge in [-0.1, -0.05) is 0 Å². The molecule has 0 aliphatic carbocycles. The molecule has 4 heterocycles. The van der Waals surface area contributed by atoms with Gasteiger partial charge < -0.3 is 15.5 Å². The number of H-pyrrole nitrogens is 1. The zero-order chi connectivity index (χ0) is 14.9. The van der Waals surface area contributed by atoms with Crippen LogP contribution in [0.4, 0.5) is 17.3 Å². The minimum atomic E-state index is 0.547. The number of hydrogen-bond acceptors (Lipinski definition) is 7. The number of nitrogens with zero attached hydrogens (tertiary/aromatic N) is 6. The first kappa shape index (κ1) is 12.8. The van der Waals surface area contributed by atoms with E-state index < -0.39 is 0 Å². The van der Waals surface area contributed by atoms with Crippen molar-refractivity contribution in [3.63, 3.8) is 0 Å². The van der Waals surface area contributed by atoms with E-state index in [-0.39, 0.29) is 0 Å². The van der Waals surface area contributed by atoms with Gasteiger partial charge in [-0.05, 0) is 12.1 Å². The number of nitrogen functional groups attached to an aromatic ring is 1. The average Bonchev–Trinajstić information content (AvgIpc) is 3.04. The molecule has 3 aromatic heterocycles. The van der Waals surface area contributed by atoms with Crippen LogP contribution in [0.5, 0.6) is 0 Å². The van der Waals surface area contributed by atoms with Gasteiger partial charge in [0.1, 0.15) is 18.0 Å².